The number of carbonyl (C=O) groups is 2. The van der Waals surface area contributed by atoms with E-state index in [9.17, 15) is 46.0 Å². The molecule has 2 fully saturated rings. The quantitative estimate of drug-likeness (QED) is 0.0176. The summed E-state index contributed by atoms with van der Waals surface area (Å²) < 4.78 is 111. The second kappa shape index (κ2) is 26.3. The molecule has 2 atom stereocenters. The highest BCUT2D eigenvalue weighted by molar-refractivity contribution is 7.99. The molecule has 1 aliphatic heterocycles. The Morgan fingerprint density at radius 2 is 1.18 bits per heavy atom. The van der Waals surface area contributed by atoms with E-state index in [-0.39, 0.29) is 35.0 Å². The molecule has 2 saturated carbocycles. The monoisotopic (exact) mass is 1080 g/mol. The molecule has 76 heavy (non-hydrogen) atoms. The van der Waals surface area contributed by atoms with Crippen molar-refractivity contribution in [3.8, 4) is 34.1 Å². The maximum absolute atomic E-state index is 12.9. The minimum absolute atomic E-state index is 0.0128. The van der Waals surface area contributed by atoms with Crippen molar-refractivity contribution >= 4 is 29.4 Å². The van der Waals surface area contributed by atoms with Crippen LogP contribution in [-0.2, 0) is 32.1 Å². The number of rotatable bonds is 23. The maximum atomic E-state index is 12.9. The number of esters is 2. The number of nitro groups is 1. The van der Waals surface area contributed by atoms with Crippen molar-refractivity contribution in [2.75, 3.05) is 33.0 Å². The summed E-state index contributed by atoms with van der Waals surface area (Å²) in [7, 11) is 0. The minimum Gasteiger partial charge on any atom is -0.493 e. The summed E-state index contributed by atoms with van der Waals surface area (Å²) in [6, 6.07) is 22.9. The number of benzene rings is 4. The van der Waals surface area contributed by atoms with Crippen LogP contribution < -0.4 is 18.9 Å². The van der Waals surface area contributed by atoms with Crippen molar-refractivity contribution in [1.82, 2.24) is 0 Å². The van der Waals surface area contributed by atoms with Crippen LogP contribution in [0.15, 0.2) is 108 Å². The molecule has 0 aromatic heterocycles. The average Bonchev–Trinajstić information content (AvgIpc) is 3.43. The van der Waals surface area contributed by atoms with E-state index in [1.807, 2.05) is 48.5 Å². The molecule has 2 aliphatic carbocycles. The number of nitrogens with zero attached hydrogens (tertiary/aromatic N) is 1. The molecule has 0 N–H and O–H groups in total. The van der Waals surface area contributed by atoms with E-state index >= 15 is 0 Å². The van der Waals surface area contributed by atoms with Gasteiger partial charge in [-0.25, -0.2) is 9.59 Å². The van der Waals surface area contributed by atoms with Crippen LogP contribution in [-0.4, -0.2) is 62.2 Å². The number of carbonyl (C=O) groups excluding carboxylic acids is 2. The second-order valence-corrected chi connectivity index (χ2v) is 21.0. The highest BCUT2D eigenvalue weighted by Gasteiger charge is 2.39. The highest BCUT2D eigenvalue weighted by atomic mass is 32.2. The molecule has 4 aromatic rings. The summed E-state index contributed by atoms with van der Waals surface area (Å²) in [4.78, 5) is 35.7. The van der Waals surface area contributed by atoms with Crippen molar-refractivity contribution in [1.29, 1.82) is 0 Å². The summed E-state index contributed by atoms with van der Waals surface area (Å²) in [5, 5.41) is 11.5. The smallest absolute Gasteiger partial charge is 0.422 e. The SMILES string of the molecule is C=C(C(=O)OCCOc1ccc(-c2ccc(COc3ccc(OCC4CCC(C5CCC(CCC)CC5)CC4)c4c3SC(c3ccc([N+](=O)[O-])cc3)C(CC)C4)cc2)cc1OCCOC(=O)C(=C)C(F)(F)F)C(F)(F)F. The van der Waals surface area contributed by atoms with Crippen LogP contribution >= 0.6 is 11.8 Å². The van der Waals surface area contributed by atoms with E-state index in [0.717, 1.165) is 57.9 Å². The zero-order valence-corrected chi connectivity index (χ0v) is 43.6. The van der Waals surface area contributed by atoms with Crippen LogP contribution in [0.2, 0.25) is 0 Å². The Morgan fingerprint density at radius 3 is 1.74 bits per heavy atom. The molecule has 0 amide bonds. The van der Waals surface area contributed by atoms with Gasteiger partial charge in [0.2, 0.25) is 0 Å². The van der Waals surface area contributed by atoms with Gasteiger partial charge >= 0.3 is 24.3 Å². The van der Waals surface area contributed by atoms with Gasteiger partial charge in [-0.05, 0) is 121 Å². The normalized spacial score (nSPS) is 20.6. The van der Waals surface area contributed by atoms with Crippen molar-refractivity contribution < 1.29 is 69.3 Å². The first-order valence-corrected chi connectivity index (χ1v) is 26.9. The lowest BCUT2D eigenvalue weighted by molar-refractivity contribution is -0.384. The van der Waals surface area contributed by atoms with Crippen LogP contribution in [0.5, 0.6) is 23.0 Å². The van der Waals surface area contributed by atoms with Gasteiger partial charge in [-0.1, -0.05) is 102 Å². The molecule has 18 heteroatoms. The molecular formula is C58H65F6NO10S. The first-order valence-electron chi connectivity index (χ1n) is 26.0. The third kappa shape index (κ3) is 15.3. The Hall–Kier alpha value is -6.17. The number of fused-ring (bicyclic) bond motifs is 1. The van der Waals surface area contributed by atoms with E-state index < -0.39 is 66.8 Å². The average molecular weight is 1080 g/mol. The van der Waals surface area contributed by atoms with Gasteiger partial charge in [0.1, 0.15) is 55.7 Å². The Morgan fingerprint density at radius 1 is 0.645 bits per heavy atom. The lowest BCUT2D eigenvalue weighted by Gasteiger charge is -2.38. The molecule has 0 saturated heterocycles. The number of nitro benzene ring substituents is 1. The molecule has 0 bridgehead atoms. The Balaban J connectivity index is 1.04. The fourth-order valence-corrected chi connectivity index (χ4v) is 12.1. The fourth-order valence-electron chi connectivity index (χ4n) is 10.5. The molecule has 7 rings (SSSR count). The number of ether oxygens (including phenoxy) is 6. The lowest BCUT2D eigenvalue weighted by atomic mass is 9.69. The van der Waals surface area contributed by atoms with Gasteiger partial charge in [0.25, 0.3) is 5.69 Å². The van der Waals surface area contributed by atoms with E-state index in [0.29, 0.717) is 29.4 Å². The van der Waals surface area contributed by atoms with Gasteiger partial charge in [0.15, 0.2) is 11.5 Å². The number of hydrogen-bond donors (Lipinski definition) is 0. The third-order valence-electron chi connectivity index (χ3n) is 14.8. The molecule has 3 aliphatic rings. The molecule has 11 nitrogen and oxygen atoms in total. The Bertz CT molecular complexity index is 2640. The summed E-state index contributed by atoms with van der Waals surface area (Å²) in [6.07, 6.45) is 4.69. The molecular weight excluding hydrogens is 1020 g/mol. The van der Waals surface area contributed by atoms with Gasteiger partial charge in [-0.15, -0.1) is 11.8 Å². The van der Waals surface area contributed by atoms with Crippen LogP contribution in [0, 0.1) is 39.7 Å². The van der Waals surface area contributed by atoms with Crippen molar-refractivity contribution in [3.63, 3.8) is 0 Å². The van der Waals surface area contributed by atoms with Crippen LogP contribution in [0.1, 0.15) is 106 Å². The predicted molar refractivity (Wildman–Crippen MR) is 276 cm³/mol. The Kier molecular flexibility index (Phi) is 19.9. The molecule has 0 spiro atoms. The van der Waals surface area contributed by atoms with E-state index in [1.165, 1.54) is 70.3 Å². The number of thioether (sulfide) groups is 1. The van der Waals surface area contributed by atoms with Crippen molar-refractivity contribution in [2.45, 2.75) is 120 Å². The van der Waals surface area contributed by atoms with Crippen LogP contribution in [0.3, 0.4) is 0 Å². The molecule has 2 unspecified atom stereocenters. The van der Waals surface area contributed by atoms with Crippen molar-refractivity contribution in [3.05, 3.63) is 130 Å². The zero-order valence-electron chi connectivity index (χ0n) is 42.8. The van der Waals surface area contributed by atoms with E-state index in [2.05, 4.69) is 36.5 Å². The summed E-state index contributed by atoms with van der Waals surface area (Å²) >= 11 is 1.70. The highest BCUT2D eigenvalue weighted by Crippen LogP contribution is 2.55. The summed E-state index contributed by atoms with van der Waals surface area (Å²) in [6.45, 7) is 8.74. The van der Waals surface area contributed by atoms with Gasteiger partial charge in [-0.2, -0.15) is 26.3 Å². The number of alkyl halides is 6. The molecule has 4 aromatic carbocycles. The first kappa shape index (κ1) is 57.5. The largest absolute Gasteiger partial charge is 0.493 e. The van der Waals surface area contributed by atoms with Crippen molar-refractivity contribution in [2.24, 2.45) is 29.6 Å². The second-order valence-electron chi connectivity index (χ2n) is 19.9. The van der Waals surface area contributed by atoms with E-state index in [1.54, 1.807) is 36.0 Å². The Labute approximate surface area is 443 Å². The molecule has 1 heterocycles. The lowest BCUT2D eigenvalue weighted by Crippen LogP contribution is -2.27. The number of halogens is 6. The van der Waals surface area contributed by atoms with Gasteiger partial charge in [-0.3, -0.25) is 10.1 Å². The molecule has 0 radical (unpaired) electrons. The van der Waals surface area contributed by atoms with Gasteiger partial charge < -0.3 is 28.4 Å². The zero-order chi connectivity index (χ0) is 54.6. The molecule has 410 valence electrons. The summed E-state index contributed by atoms with van der Waals surface area (Å²) in [5.74, 6) is 1.59. The van der Waals surface area contributed by atoms with Gasteiger partial charge in [0.05, 0.1) is 16.4 Å². The first-order chi connectivity index (χ1) is 36.3. The standard InChI is InChI=1S/C58H65F6NO10S/c1-5-7-38-8-14-42(15-9-38)43-16-10-39(11-17-43)34-74-49-26-27-51(54-48(49)32-41(6-2)53(76-54)45-20-23-47(24-21-45)65(68)69)75-35-40-12-18-44(19-13-40)46-22-25-50(70-28-30-72-55(66)36(3)57(59,60)61)52(33-46)71-29-31-73-56(67)37(4)58(62,63)64/h12-13,18-27,33,38-39,41-43,53H,3-11,14-17,28-32,34-35H2,1-2H3. The maximum Gasteiger partial charge on any atom is 0.422 e. The van der Waals surface area contributed by atoms with Crippen LogP contribution in [0.25, 0.3) is 11.1 Å². The van der Waals surface area contributed by atoms with Gasteiger partial charge in [0, 0.05) is 22.9 Å². The summed E-state index contributed by atoms with van der Waals surface area (Å²) in [5.41, 5.74) is 0.899. The fraction of sp³-hybridized carbons (Fsp3) is 0.483. The predicted octanol–water partition coefficient (Wildman–Crippen LogP) is 15.1. The minimum atomic E-state index is -4.99. The van der Waals surface area contributed by atoms with E-state index in [4.69, 9.17) is 18.9 Å². The van der Waals surface area contributed by atoms with Crippen LogP contribution in [0.4, 0.5) is 32.0 Å². The topological polar surface area (TPSA) is 133 Å². The number of non-ortho nitro benzene ring substituents is 1. The number of hydrogen-bond acceptors (Lipinski definition) is 11. The third-order valence-corrected chi connectivity index (χ3v) is 16.4.